The van der Waals surface area contributed by atoms with Crippen LogP contribution in [0.1, 0.15) is 62.5 Å². The van der Waals surface area contributed by atoms with Gasteiger partial charge in [-0.1, -0.05) is 50.3 Å². The summed E-state index contributed by atoms with van der Waals surface area (Å²) in [5.41, 5.74) is 4.69. The van der Waals surface area contributed by atoms with Crippen LogP contribution in [0, 0.1) is 5.92 Å². The van der Waals surface area contributed by atoms with Gasteiger partial charge in [0.2, 0.25) is 0 Å². The average Bonchev–Trinajstić information content (AvgIpc) is 3.59. The van der Waals surface area contributed by atoms with Crippen LogP contribution in [-0.4, -0.2) is 47.3 Å². The summed E-state index contributed by atoms with van der Waals surface area (Å²) < 4.78 is 12.9. The summed E-state index contributed by atoms with van der Waals surface area (Å²) in [4.78, 5) is 24.6. The fourth-order valence-electron chi connectivity index (χ4n) is 4.79. The van der Waals surface area contributed by atoms with Gasteiger partial charge >= 0.3 is 0 Å². The summed E-state index contributed by atoms with van der Waals surface area (Å²) in [6.07, 6.45) is 7.82. The molecule has 3 atom stereocenters. The molecule has 198 valence electrons. The number of nitrogens with one attached hydrogen (secondary N) is 1. The number of anilines is 2. The minimum Gasteiger partial charge on any atom is -0.462 e. The van der Waals surface area contributed by atoms with Crippen molar-refractivity contribution in [1.82, 2.24) is 9.97 Å². The average molecular weight is 633 g/mol. The second-order valence-corrected chi connectivity index (χ2v) is 18.5. The molecule has 1 N–H and O–H groups in total. The number of carbonyl (C=O) groups excluding carboxylic acids is 1. The molecule has 0 aromatic carbocycles. The van der Waals surface area contributed by atoms with Crippen LogP contribution in [0.2, 0.25) is 18.1 Å². The number of fused-ring (bicyclic) bond motifs is 1. The molecule has 1 saturated carbocycles. The molecule has 9 heteroatoms. The van der Waals surface area contributed by atoms with E-state index in [0.717, 1.165) is 48.3 Å². The number of piperidine rings is 1. The molecule has 3 aromatic rings. The first-order valence-corrected chi connectivity index (χ1v) is 17.3. The second kappa shape index (κ2) is 9.96. The van der Waals surface area contributed by atoms with E-state index in [9.17, 15) is 4.79 Å². The van der Waals surface area contributed by atoms with Crippen LogP contribution in [-0.2, 0) is 4.43 Å². The van der Waals surface area contributed by atoms with Gasteiger partial charge in [0, 0.05) is 24.8 Å². The van der Waals surface area contributed by atoms with Crippen molar-refractivity contribution in [1.29, 1.82) is 0 Å². The number of furan rings is 1. The van der Waals surface area contributed by atoms with Gasteiger partial charge in [0.1, 0.15) is 11.2 Å². The van der Waals surface area contributed by atoms with Crippen molar-refractivity contribution in [2.45, 2.75) is 74.6 Å². The predicted molar refractivity (Wildman–Crippen MR) is 159 cm³/mol. The third-order valence-electron chi connectivity index (χ3n) is 8.14. The van der Waals surface area contributed by atoms with Crippen molar-refractivity contribution >= 4 is 59.3 Å². The van der Waals surface area contributed by atoms with Crippen LogP contribution in [0.3, 0.4) is 0 Å². The van der Waals surface area contributed by atoms with Gasteiger partial charge in [0.25, 0.3) is 5.91 Å². The number of nitrogens with zero attached hydrogens (tertiary/aromatic N) is 3. The summed E-state index contributed by atoms with van der Waals surface area (Å²) >= 11 is 2.55. The summed E-state index contributed by atoms with van der Waals surface area (Å²) in [5.74, 6) is 0.616. The summed E-state index contributed by atoms with van der Waals surface area (Å²) in [6, 6.07) is 5.54. The third-order valence-corrected chi connectivity index (χ3v) is 13.7. The predicted octanol–water partition coefficient (Wildman–Crippen LogP) is 7.00. The highest BCUT2D eigenvalue weighted by atomic mass is 127. The third kappa shape index (κ3) is 5.45. The van der Waals surface area contributed by atoms with E-state index in [4.69, 9.17) is 8.84 Å². The first-order chi connectivity index (χ1) is 17.4. The molecular formula is C28H37IN4O3Si. The minimum absolute atomic E-state index is 0.176. The van der Waals surface area contributed by atoms with Gasteiger partial charge in [-0.3, -0.25) is 9.78 Å². The molecule has 7 nitrogen and oxygen atoms in total. The lowest BCUT2D eigenvalue weighted by Gasteiger charge is -2.47. The number of amides is 1. The van der Waals surface area contributed by atoms with Crippen LogP contribution in [0.5, 0.6) is 0 Å². The highest BCUT2D eigenvalue weighted by Crippen LogP contribution is 2.44. The van der Waals surface area contributed by atoms with E-state index in [-0.39, 0.29) is 17.0 Å². The molecule has 1 saturated heterocycles. The zero-order valence-electron chi connectivity index (χ0n) is 22.5. The first-order valence-electron chi connectivity index (χ1n) is 13.1. The van der Waals surface area contributed by atoms with Crippen molar-refractivity contribution in [2.24, 2.45) is 5.92 Å². The van der Waals surface area contributed by atoms with Crippen LogP contribution < -0.4 is 10.2 Å². The number of pyridine rings is 2. The minimum atomic E-state index is -1.87. The van der Waals surface area contributed by atoms with Crippen LogP contribution in [0.25, 0.3) is 11.1 Å². The lowest BCUT2D eigenvalue weighted by atomic mass is 9.96. The van der Waals surface area contributed by atoms with Crippen molar-refractivity contribution in [2.75, 3.05) is 23.3 Å². The Morgan fingerprint density at radius 2 is 1.97 bits per heavy atom. The lowest BCUT2D eigenvalue weighted by Crippen LogP contribution is -2.55. The molecule has 1 amide bonds. The molecule has 1 aliphatic carbocycles. The molecule has 0 bridgehead atoms. The monoisotopic (exact) mass is 632 g/mol. The number of rotatable bonds is 6. The Kier molecular flexibility index (Phi) is 7.17. The van der Waals surface area contributed by atoms with Gasteiger partial charge in [-0.2, -0.15) is 0 Å². The molecule has 1 aliphatic heterocycles. The number of hydrogen-bond acceptors (Lipinski definition) is 6. The summed E-state index contributed by atoms with van der Waals surface area (Å²) in [5, 5.41) is 3.26. The SMILES string of the molecule is C[C@H]1CN(c2ccncc2NC(=O)c2ccc3occ(C4CC4)c3n2)C[C@@H](I)[C@@H]1O[Si](C)(C)C(C)(C)C. The zero-order valence-corrected chi connectivity index (χ0v) is 25.7. The molecule has 2 fully saturated rings. The van der Waals surface area contributed by atoms with Crippen molar-refractivity contribution in [3.63, 3.8) is 0 Å². The Labute approximate surface area is 234 Å². The molecule has 5 rings (SSSR count). The molecule has 3 aromatic heterocycles. The fraction of sp³-hybridized carbons (Fsp3) is 0.536. The van der Waals surface area contributed by atoms with E-state index < -0.39 is 8.32 Å². The van der Waals surface area contributed by atoms with E-state index in [2.05, 4.69) is 83.6 Å². The standard InChI is InChI=1S/C28H37IN4O3Si/c1-17-14-33(15-20(29)26(17)36-37(5,6)28(2,3)4)23-11-12-30-13-22(23)32-27(34)21-9-10-24-25(31-21)19(16-35-24)18-7-8-18/h9-13,16-18,20,26H,7-8,14-15H2,1-6H3,(H,32,34)/t17-,20+,26+/m0/s1. The smallest absolute Gasteiger partial charge is 0.274 e. The Morgan fingerprint density at radius 3 is 2.65 bits per heavy atom. The van der Waals surface area contributed by atoms with E-state index in [1.807, 2.05) is 12.1 Å². The molecule has 2 aliphatic rings. The van der Waals surface area contributed by atoms with Crippen molar-refractivity contribution in [3.8, 4) is 0 Å². The number of alkyl halides is 1. The molecular weight excluding hydrogens is 595 g/mol. The van der Waals surface area contributed by atoms with Crippen LogP contribution >= 0.6 is 22.6 Å². The molecule has 37 heavy (non-hydrogen) atoms. The van der Waals surface area contributed by atoms with Gasteiger partial charge in [-0.25, -0.2) is 4.98 Å². The van der Waals surface area contributed by atoms with E-state index in [1.165, 1.54) is 0 Å². The molecule has 0 spiro atoms. The van der Waals surface area contributed by atoms with Crippen molar-refractivity contribution < 1.29 is 13.6 Å². The van der Waals surface area contributed by atoms with Crippen LogP contribution in [0.15, 0.2) is 41.3 Å². The van der Waals surface area contributed by atoms with E-state index in [1.54, 1.807) is 24.7 Å². The van der Waals surface area contributed by atoms with Gasteiger partial charge in [-0.05, 0) is 61.0 Å². The summed E-state index contributed by atoms with van der Waals surface area (Å²) in [6.45, 7) is 15.5. The number of carbonyl (C=O) groups is 1. The first kappa shape index (κ1) is 26.6. The Morgan fingerprint density at radius 1 is 1.22 bits per heavy atom. The maximum atomic E-state index is 13.3. The Hall–Kier alpha value is -1.98. The van der Waals surface area contributed by atoms with Gasteiger partial charge in [0.15, 0.2) is 13.9 Å². The number of hydrogen-bond donors (Lipinski definition) is 1. The van der Waals surface area contributed by atoms with Gasteiger partial charge in [-0.15, -0.1) is 0 Å². The maximum absolute atomic E-state index is 13.3. The van der Waals surface area contributed by atoms with Gasteiger partial charge in [0.05, 0.1) is 33.9 Å². The molecule has 0 radical (unpaired) electrons. The maximum Gasteiger partial charge on any atom is 0.274 e. The largest absolute Gasteiger partial charge is 0.462 e. The fourth-order valence-corrected chi connectivity index (χ4v) is 7.83. The zero-order chi connectivity index (χ0) is 26.5. The highest BCUT2D eigenvalue weighted by molar-refractivity contribution is 14.1. The second-order valence-electron chi connectivity index (χ2n) is 12.1. The van der Waals surface area contributed by atoms with Gasteiger partial charge < -0.3 is 19.1 Å². The van der Waals surface area contributed by atoms with E-state index >= 15 is 0 Å². The topological polar surface area (TPSA) is 80.5 Å². The molecule has 0 unspecified atom stereocenters. The highest BCUT2D eigenvalue weighted by Gasteiger charge is 2.44. The quantitative estimate of drug-likeness (QED) is 0.179. The van der Waals surface area contributed by atoms with Crippen molar-refractivity contribution in [3.05, 3.63) is 48.1 Å². The van der Waals surface area contributed by atoms with E-state index in [0.29, 0.717) is 27.1 Å². The molecule has 4 heterocycles. The van der Waals surface area contributed by atoms with Crippen LogP contribution in [0.4, 0.5) is 11.4 Å². The normalized spacial score (nSPS) is 22.9. The lowest BCUT2D eigenvalue weighted by molar-refractivity contribution is 0.102. The number of halogens is 1. The summed E-state index contributed by atoms with van der Waals surface area (Å²) in [7, 11) is -1.87. The Bertz CT molecular complexity index is 1290. The number of aromatic nitrogens is 2. The Balaban J connectivity index is 1.33.